The van der Waals surface area contributed by atoms with Crippen molar-refractivity contribution in [2.24, 2.45) is 11.3 Å². The lowest BCUT2D eigenvalue weighted by Gasteiger charge is -2.20. The molecule has 0 saturated heterocycles. The van der Waals surface area contributed by atoms with Gasteiger partial charge in [0.05, 0.1) is 6.61 Å². The molecule has 5 nitrogen and oxygen atoms in total. The molecule has 3 rings (SSSR count). The van der Waals surface area contributed by atoms with Crippen LogP contribution in [0.3, 0.4) is 0 Å². The van der Waals surface area contributed by atoms with Gasteiger partial charge in [-0.05, 0) is 43.2 Å². The summed E-state index contributed by atoms with van der Waals surface area (Å²) < 4.78 is 5.28. The lowest BCUT2D eigenvalue weighted by atomic mass is 9.83. The second-order valence-electron chi connectivity index (χ2n) is 6.66. The zero-order valence-electron chi connectivity index (χ0n) is 15.7. The first kappa shape index (κ1) is 20.3. The number of allylic oxidation sites excluding steroid dienone is 1. The van der Waals surface area contributed by atoms with Crippen LogP contribution in [0.4, 0.5) is 0 Å². The minimum absolute atomic E-state index is 0.124. The average Bonchev–Trinajstić information content (AvgIpc) is 3.49. The van der Waals surface area contributed by atoms with Crippen molar-refractivity contribution in [2.75, 3.05) is 6.61 Å². The summed E-state index contributed by atoms with van der Waals surface area (Å²) in [6, 6.07) is 18.9. The summed E-state index contributed by atoms with van der Waals surface area (Å²) in [6.07, 6.45) is 0.171. The highest BCUT2D eigenvalue weighted by molar-refractivity contribution is 6.30. The number of ketones is 1. The van der Waals surface area contributed by atoms with Gasteiger partial charge in [-0.1, -0.05) is 41.9 Å². The minimum Gasteiger partial charge on any atom is -0.465 e. The van der Waals surface area contributed by atoms with E-state index in [0.29, 0.717) is 16.1 Å². The van der Waals surface area contributed by atoms with Crippen LogP contribution >= 0.6 is 11.6 Å². The number of hydrogen-bond acceptors (Lipinski definition) is 5. The molecule has 0 amide bonds. The molecule has 29 heavy (non-hydrogen) atoms. The van der Waals surface area contributed by atoms with E-state index in [9.17, 15) is 20.1 Å². The highest BCUT2D eigenvalue weighted by Gasteiger charge is 2.67. The number of hydrogen-bond donors (Lipinski definition) is 0. The third-order valence-corrected chi connectivity index (χ3v) is 5.28. The lowest BCUT2D eigenvalue weighted by Crippen LogP contribution is -2.26. The van der Waals surface area contributed by atoms with Gasteiger partial charge in [-0.15, -0.1) is 0 Å². The summed E-state index contributed by atoms with van der Waals surface area (Å²) in [7, 11) is 0. The van der Waals surface area contributed by atoms with Crippen LogP contribution < -0.4 is 0 Å². The van der Waals surface area contributed by atoms with Gasteiger partial charge in [0.2, 0.25) is 0 Å². The summed E-state index contributed by atoms with van der Waals surface area (Å²) in [6.45, 7) is 1.80. The number of carbonyl (C=O) groups excluding carboxylic acids is 2. The van der Waals surface area contributed by atoms with E-state index in [-0.39, 0.29) is 30.0 Å². The van der Waals surface area contributed by atoms with Gasteiger partial charge in [-0.2, -0.15) is 10.5 Å². The molecule has 0 aromatic heterocycles. The Morgan fingerprint density at radius 1 is 1.07 bits per heavy atom. The van der Waals surface area contributed by atoms with Gasteiger partial charge < -0.3 is 4.74 Å². The molecule has 1 saturated carbocycles. The van der Waals surface area contributed by atoms with Crippen molar-refractivity contribution >= 4 is 28.9 Å². The zero-order chi connectivity index (χ0) is 21.0. The van der Waals surface area contributed by atoms with Crippen LogP contribution in [0, 0.1) is 34.0 Å². The van der Waals surface area contributed by atoms with Gasteiger partial charge in [-0.25, -0.2) is 0 Å². The molecule has 2 aromatic rings. The Balaban J connectivity index is 2.15. The maximum atomic E-state index is 13.1. The SMILES string of the molecule is CCOC(=O)[C@]1(C(=C(C#N)C#N)c2ccccc2)C[C@H]1C(=O)c1ccc(Cl)cc1. The monoisotopic (exact) mass is 404 g/mol. The quantitative estimate of drug-likeness (QED) is 0.399. The molecule has 0 spiro atoms. The molecule has 0 N–H and O–H groups in total. The molecule has 0 aliphatic heterocycles. The Kier molecular flexibility index (Phi) is 5.82. The Morgan fingerprint density at radius 3 is 2.24 bits per heavy atom. The standard InChI is InChI=1S/C23H17ClN2O3/c1-2-29-22(28)23(12-19(23)21(27)16-8-10-18(24)11-9-16)20(17(13-25)14-26)15-6-4-3-5-7-15/h3-11,19H,2,12H2,1H3/t19-,23+/m0/s1. The number of halogens is 1. The fourth-order valence-electron chi connectivity index (χ4n) is 3.63. The maximum Gasteiger partial charge on any atom is 0.317 e. The van der Waals surface area contributed by atoms with E-state index in [1.807, 2.05) is 12.1 Å². The molecule has 0 unspecified atom stereocenters. The van der Waals surface area contributed by atoms with Gasteiger partial charge in [0, 0.05) is 22.1 Å². The van der Waals surface area contributed by atoms with Crippen LogP contribution in [0.25, 0.3) is 5.57 Å². The lowest BCUT2D eigenvalue weighted by molar-refractivity contribution is -0.147. The van der Waals surface area contributed by atoms with Crippen molar-refractivity contribution in [1.82, 2.24) is 0 Å². The molecule has 144 valence electrons. The van der Waals surface area contributed by atoms with Crippen LogP contribution in [0.2, 0.25) is 5.02 Å². The van der Waals surface area contributed by atoms with E-state index in [1.165, 1.54) is 0 Å². The number of esters is 1. The smallest absolute Gasteiger partial charge is 0.317 e. The van der Waals surface area contributed by atoms with Crippen molar-refractivity contribution in [1.29, 1.82) is 10.5 Å². The van der Waals surface area contributed by atoms with Crippen LogP contribution in [0.1, 0.15) is 29.3 Å². The van der Waals surface area contributed by atoms with Crippen molar-refractivity contribution in [3.8, 4) is 12.1 Å². The van der Waals surface area contributed by atoms with Crippen LogP contribution in [0.5, 0.6) is 0 Å². The normalized spacial score (nSPS) is 19.4. The molecule has 1 aliphatic carbocycles. The third-order valence-electron chi connectivity index (χ3n) is 5.03. The van der Waals surface area contributed by atoms with Crippen molar-refractivity contribution < 1.29 is 14.3 Å². The van der Waals surface area contributed by atoms with E-state index in [0.717, 1.165) is 0 Å². The maximum absolute atomic E-state index is 13.1. The summed E-state index contributed by atoms with van der Waals surface area (Å²) in [4.78, 5) is 26.2. The highest BCUT2D eigenvalue weighted by atomic mass is 35.5. The zero-order valence-corrected chi connectivity index (χ0v) is 16.4. The molecule has 2 aromatic carbocycles. The first-order valence-electron chi connectivity index (χ1n) is 9.07. The van der Waals surface area contributed by atoms with E-state index in [1.54, 1.807) is 61.5 Å². The molecule has 1 fully saturated rings. The molecule has 1 aliphatic rings. The van der Waals surface area contributed by atoms with E-state index >= 15 is 0 Å². The first-order chi connectivity index (χ1) is 14.0. The fraction of sp³-hybridized carbons (Fsp3) is 0.217. The molecular weight excluding hydrogens is 388 g/mol. The molecule has 0 heterocycles. The number of carbonyl (C=O) groups is 2. The number of nitrogens with zero attached hydrogens (tertiary/aromatic N) is 2. The second kappa shape index (κ2) is 8.31. The number of nitriles is 2. The minimum atomic E-state index is -1.37. The first-order valence-corrected chi connectivity index (χ1v) is 9.44. The Bertz CT molecular complexity index is 1050. The topological polar surface area (TPSA) is 90.9 Å². The Labute approximate surface area is 173 Å². The number of ether oxygens (including phenoxy) is 1. The van der Waals surface area contributed by atoms with E-state index in [4.69, 9.17) is 16.3 Å². The van der Waals surface area contributed by atoms with Crippen molar-refractivity contribution in [3.05, 3.63) is 76.3 Å². The van der Waals surface area contributed by atoms with Gasteiger partial charge >= 0.3 is 5.97 Å². The molecule has 0 radical (unpaired) electrons. The Hall–Kier alpha value is -3.41. The van der Waals surface area contributed by atoms with Gasteiger partial charge in [0.15, 0.2) is 5.78 Å². The fourth-order valence-corrected chi connectivity index (χ4v) is 3.75. The summed E-state index contributed by atoms with van der Waals surface area (Å²) in [5, 5.41) is 19.6. The van der Waals surface area contributed by atoms with Crippen LogP contribution in [0.15, 0.2) is 60.2 Å². The van der Waals surface area contributed by atoms with Crippen molar-refractivity contribution in [2.45, 2.75) is 13.3 Å². The summed E-state index contributed by atoms with van der Waals surface area (Å²) in [5.41, 5.74) is -0.363. The predicted molar refractivity (Wildman–Crippen MR) is 108 cm³/mol. The van der Waals surface area contributed by atoms with Gasteiger partial charge in [0.1, 0.15) is 23.1 Å². The molecule has 0 bridgehead atoms. The van der Waals surface area contributed by atoms with Crippen LogP contribution in [-0.4, -0.2) is 18.4 Å². The largest absolute Gasteiger partial charge is 0.465 e. The molecular formula is C23H17ClN2O3. The third kappa shape index (κ3) is 3.66. The van der Waals surface area contributed by atoms with E-state index < -0.39 is 17.3 Å². The molecule has 2 atom stereocenters. The van der Waals surface area contributed by atoms with Gasteiger partial charge in [0.25, 0.3) is 0 Å². The number of rotatable bonds is 6. The van der Waals surface area contributed by atoms with Crippen LogP contribution in [-0.2, 0) is 9.53 Å². The summed E-state index contributed by atoms with van der Waals surface area (Å²) in [5.74, 6) is -1.58. The van der Waals surface area contributed by atoms with Crippen molar-refractivity contribution in [3.63, 3.8) is 0 Å². The highest BCUT2D eigenvalue weighted by Crippen LogP contribution is 2.63. The van der Waals surface area contributed by atoms with E-state index in [2.05, 4.69) is 0 Å². The summed E-state index contributed by atoms with van der Waals surface area (Å²) >= 11 is 5.90. The number of benzene rings is 2. The second-order valence-corrected chi connectivity index (χ2v) is 7.10. The Morgan fingerprint density at radius 2 is 1.69 bits per heavy atom. The average molecular weight is 405 g/mol. The number of Topliss-reactive ketones (excluding diaryl/α,β-unsaturated/α-hetero) is 1. The van der Waals surface area contributed by atoms with Gasteiger partial charge in [-0.3, -0.25) is 9.59 Å². The molecule has 6 heteroatoms. The predicted octanol–water partition coefficient (Wildman–Crippen LogP) is 4.59.